The normalized spacial score (nSPS) is 19.3. The van der Waals surface area contributed by atoms with Crippen LogP contribution in [-0.2, 0) is 11.3 Å². The molecule has 0 bridgehead atoms. The molecule has 2 heterocycles. The number of carbonyl (C=O) groups excluding carboxylic acids is 1. The number of likely N-dealkylation sites (tertiary alicyclic amines) is 1. The van der Waals surface area contributed by atoms with Gasteiger partial charge in [-0.25, -0.2) is 0 Å². The number of ether oxygens (including phenoxy) is 1. The van der Waals surface area contributed by atoms with E-state index in [1.165, 1.54) is 0 Å². The first-order valence-corrected chi connectivity index (χ1v) is 7.25. The van der Waals surface area contributed by atoms with Crippen molar-refractivity contribution < 1.29 is 9.53 Å². The number of nitrogens with zero attached hydrogens (tertiary/aromatic N) is 4. The molecule has 112 valence electrons. The Morgan fingerprint density at radius 3 is 3.20 bits per heavy atom. The fourth-order valence-electron chi connectivity index (χ4n) is 2.34. The maximum atomic E-state index is 12.4. The van der Waals surface area contributed by atoms with Crippen LogP contribution in [0.5, 0.6) is 0 Å². The molecule has 0 saturated carbocycles. The van der Waals surface area contributed by atoms with Crippen LogP contribution in [0.15, 0.2) is 6.20 Å². The predicted molar refractivity (Wildman–Crippen MR) is 74.2 cm³/mol. The van der Waals surface area contributed by atoms with E-state index in [2.05, 4.69) is 17.2 Å². The van der Waals surface area contributed by atoms with E-state index in [0.717, 1.165) is 32.4 Å². The number of hydrogen-bond donors (Lipinski definition) is 1. The summed E-state index contributed by atoms with van der Waals surface area (Å²) in [4.78, 5) is 14.2. The molecule has 0 radical (unpaired) electrons. The van der Waals surface area contributed by atoms with Crippen LogP contribution in [0.3, 0.4) is 0 Å². The lowest BCUT2D eigenvalue weighted by Crippen LogP contribution is -2.43. The van der Waals surface area contributed by atoms with E-state index in [4.69, 9.17) is 10.5 Å². The molecule has 1 saturated heterocycles. The Bertz CT molecular complexity index is 434. The standard InChI is InChI=1S/C13H23N5O2/c1-2-8-20-11-4-3-6-17(9-11)13(19)12-10-18(7-5-14)16-15-12/h10-11H,2-9,14H2,1H3. The van der Waals surface area contributed by atoms with Crippen LogP contribution >= 0.6 is 0 Å². The Morgan fingerprint density at radius 1 is 1.60 bits per heavy atom. The zero-order valence-corrected chi connectivity index (χ0v) is 12.0. The molecule has 2 rings (SSSR count). The van der Waals surface area contributed by atoms with Crippen molar-refractivity contribution in [1.82, 2.24) is 19.9 Å². The first-order chi connectivity index (χ1) is 9.74. The summed E-state index contributed by atoms with van der Waals surface area (Å²) in [5.41, 5.74) is 5.84. The zero-order valence-electron chi connectivity index (χ0n) is 12.0. The summed E-state index contributed by atoms with van der Waals surface area (Å²) < 4.78 is 7.34. The zero-order chi connectivity index (χ0) is 14.4. The van der Waals surface area contributed by atoms with E-state index >= 15 is 0 Å². The summed E-state index contributed by atoms with van der Waals surface area (Å²) in [5.74, 6) is -0.0712. The third kappa shape index (κ3) is 3.77. The molecule has 0 aliphatic carbocycles. The van der Waals surface area contributed by atoms with Crippen LogP contribution in [0.1, 0.15) is 36.7 Å². The van der Waals surface area contributed by atoms with Gasteiger partial charge in [0.15, 0.2) is 5.69 Å². The highest BCUT2D eigenvalue weighted by molar-refractivity contribution is 5.92. The number of amides is 1. The number of nitrogens with two attached hydrogens (primary N) is 1. The average Bonchev–Trinajstić information content (AvgIpc) is 2.93. The summed E-state index contributed by atoms with van der Waals surface area (Å²) in [6, 6.07) is 0. The third-order valence-electron chi connectivity index (χ3n) is 3.34. The lowest BCUT2D eigenvalue weighted by molar-refractivity contribution is 0.00192. The smallest absolute Gasteiger partial charge is 0.276 e. The van der Waals surface area contributed by atoms with Gasteiger partial charge >= 0.3 is 0 Å². The molecule has 20 heavy (non-hydrogen) atoms. The quantitative estimate of drug-likeness (QED) is 0.808. The lowest BCUT2D eigenvalue weighted by atomic mass is 10.1. The van der Waals surface area contributed by atoms with Gasteiger partial charge in [-0.2, -0.15) is 0 Å². The van der Waals surface area contributed by atoms with Crippen molar-refractivity contribution in [3.63, 3.8) is 0 Å². The summed E-state index contributed by atoms with van der Waals surface area (Å²) in [7, 11) is 0. The molecular weight excluding hydrogens is 258 g/mol. The Labute approximate surface area is 119 Å². The average molecular weight is 281 g/mol. The van der Waals surface area contributed by atoms with E-state index < -0.39 is 0 Å². The molecular formula is C13H23N5O2. The molecule has 1 aromatic heterocycles. The van der Waals surface area contributed by atoms with Crippen LogP contribution in [0.4, 0.5) is 0 Å². The molecule has 1 aromatic rings. The van der Waals surface area contributed by atoms with Gasteiger partial charge in [-0.15, -0.1) is 5.10 Å². The predicted octanol–water partition coefficient (Wildman–Crippen LogP) is 0.268. The number of carbonyl (C=O) groups is 1. The Balaban J connectivity index is 1.93. The van der Waals surface area contributed by atoms with Gasteiger partial charge in [0.1, 0.15) is 0 Å². The van der Waals surface area contributed by atoms with E-state index in [1.54, 1.807) is 15.8 Å². The highest BCUT2D eigenvalue weighted by Gasteiger charge is 2.26. The second-order valence-electron chi connectivity index (χ2n) is 5.04. The van der Waals surface area contributed by atoms with Gasteiger partial charge in [0.05, 0.1) is 18.8 Å². The summed E-state index contributed by atoms with van der Waals surface area (Å²) in [6.45, 7) is 5.29. The lowest BCUT2D eigenvalue weighted by Gasteiger charge is -2.32. The first kappa shape index (κ1) is 14.9. The van der Waals surface area contributed by atoms with Gasteiger partial charge < -0.3 is 15.4 Å². The maximum Gasteiger partial charge on any atom is 0.276 e. The maximum absolute atomic E-state index is 12.4. The molecule has 1 fully saturated rings. The van der Waals surface area contributed by atoms with E-state index in [9.17, 15) is 4.79 Å². The van der Waals surface area contributed by atoms with Gasteiger partial charge in [0.2, 0.25) is 0 Å². The third-order valence-corrected chi connectivity index (χ3v) is 3.34. The van der Waals surface area contributed by atoms with Crippen LogP contribution < -0.4 is 5.73 Å². The SMILES string of the molecule is CCCOC1CCCN(C(=O)c2cn(CCN)nn2)C1. The topological polar surface area (TPSA) is 86.3 Å². The van der Waals surface area contributed by atoms with Gasteiger partial charge in [-0.1, -0.05) is 12.1 Å². The van der Waals surface area contributed by atoms with Crippen molar-refractivity contribution in [2.45, 2.75) is 38.8 Å². The highest BCUT2D eigenvalue weighted by atomic mass is 16.5. The summed E-state index contributed by atoms with van der Waals surface area (Å²) in [5, 5.41) is 7.82. The van der Waals surface area contributed by atoms with Crippen molar-refractivity contribution in [2.75, 3.05) is 26.2 Å². The van der Waals surface area contributed by atoms with E-state index in [0.29, 0.717) is 25.3 Å². The Kier molecular flexibility index (Phi) is 5.49. The van der Waals surface area contributed by atoms with Crippen molar-refractivity contribution in [2.24, 2.45) is 5.73 Å². The van der Waals surface area contributed by atoms with Gasteiger partial charge in [-0.3, -0.25) is 9.48 Å². The van der Waals surface area contributed by atoms with Gasteiger partial charge in [-0.05, 0) is 19.3 Å². The number of rotatable bonds is 6. The van der Waals surface area contributed by atoms with Crippen molar-refractivity contribution >= 4 is 5.91 Å². The molecule has 0 aromatic carbocycles. The molecule has 2 N–H and O–H groups in total. The monoisotopic (exact) mass is 281 g/mol. The van der Waals surface area contributed by atoms with Crippen molar-refractivity contribution in [1.29, 1.82) is 0 Å². The minimum absolute atomic E-state index is 0.0712. The van der Waals surface area contributed by atoms with Crippen LogP contribution in [-0.4, -0.2) is 58.1 Å². The van der Waals surface area contributed by atoms with E-state index in [1.807, 2.05) is 0 Å². The minimum atomic E-state index is -0.0712. The van der Waals surface area contributed by atoms with E-state index in [-0.39, 0.29) is 12.0 Å². The Morgan fingerprint density at radius 2 is 2.45 bits per heavy atom. The van der Waals surface area contributed by atoms with Crippen molar-refractivity contribution in [3.8, 4) is 0 Å². The highest BCUT2D eigenvalue weighted by Crippen LogP contribution is 2.15. The second-order valence-corrected chi connectivity index (χ2v) is 5.04. The van der Waals surface area contributed by atoms with Crippen LogP contribution in [0.2, 0.25) is 0 Å². The molecule has 1 unspecified atom stereocenters. The van der Waals surface area contributed by atoms with Crippen molar-refractivity contribution in [3.05, 3.63) is 11.9 Å². The number of piperidine rings is 1. The first-order valence-electron chi connectivity index (χ1n) is 7.25. The fourth-order valence-corrected chi connectivity index (χ4v) is 2.34. The van der Waals surface area contributed by atoms with Gasteiger partial charge in [0.25, 0.3) is 5.91 Å². The molecule has 1 amide bonds. The number of hydrogen-bond acceptors (Lipinski definition) is 5. The minimum Gasteiger partial charge on any atom is -0.376 e. The fraction of sp³-hybridized carbons (Fsp3) is 0.769. The number of aromatic nitrogens is 3. The molecule has 7 nitrogen and oxygen atoms in total. The molecule has 1 aliphatic rings. The largest absolute Gasteiger partial charge is 0.376 e. The second kappa shape index (κ2) is 7.35. The summed E-state index contributed by atoms with van der Waals surface area (Å²) in [6.07, 6.45) is 4.79. The summed E-state index contributed by atoms with van der Waals surface area (Å²) >= 11 is 0. The van der Waals surface area contributed by atoms with Crippen LogP contribution in [0.25, 0.3) is 0 Å². The van der Waals surface area contributed by atoms with Gasteiger partial charge in [0, 0.05) is 26.2 Å². The molecule has 7 heteroatoms. The molecule has 1 aliphatic heterocycles. The Hall–Kier alpha value is -1.47. The molecule has 0 spiro atoms. The van der Waals surface area contributed by atoms with Crippen LogP contribution in [0, 0.1) is 0 Å². The molecule has 1 atom stereocenters.